The fourth-order valence-electron chi connectivity index (χ4n) is 3.37. The maximum atomic E-state index is 12.6. The molecule has 1 N–H and O–H groups in total. The summed E-state index contributed by atoms with van der Waals surface area (Å²) in [5.41, 5.74) is 1.46. The number of methoxy groups -OCH3 is 1. The Bertz CT molecular complexity index is 940. The fraction of sp³-hybridized carbons (Fsp3) is 0.417. The van der Waals surface area contributed by atoms with Gasteiger partial charge in [-0.15, -0.1) is 0 Å². The fourth-order valence-corrected chi connectivity index (χ4v) is 3.37. The lowest BCUT2D eigenvalue weighted by molar-refractivity contribution is -0.124. The Labute approximate surface area is 182 Å². The number of hydrogen-bond acceptors (Lipinski definition) is 6. The molecule has 7 heteroatoms. The van der Waals surface area contributed by atoms with Gasteiger partial charge in [-0.1, -0.05) is 19.9 Å². The summed E-state index contributed by atoms with van der Waals surface area (Å²) < 4.78 is 22.4. The van der Waals surface area contributed by atoms with E-state index < -0.39 is 0 Å². The molecule has 1 heterocycles. The number of nitrogens with one attached hydrogen (secondary N) is 1. The van der Waals surface area contributed by atoms with Crippen molar-refractivity contribution >= 4 is 11.7 Å². The molecule has 3 rings (SSSR count). The molecule has 166 valence electrons. The molecule has 2 aromatic rings. The Morgan fingerprint density at radius 3 is 2.45 bits per heavy atom. The molecule has 0 saturated carbocycles. The summed E-state index contributed by atoms with van der Waals surface area (Å²) in [6.07, 6.45) is 0.836. The number of carbonyl (C=O) groups is 2. The summed E-state index contributed by atoms with van der Waals surface area (Å²) in [4.78, 5) is 24.2. The minimum Gasteiger partial charge on any atom is -0.493 e. The lowest BCUT2D eigenvalue weighted by Crippen LogP contribution is -2.35. The molecule has 0 spiro atoms. The van der Waals surface area contributed by atoms with Crippen LogP contribution < -0.4 is 24.3 Å². The van der Waals surface area contributed by atoms with Crippen LogP contribution in [0.1, 0.15) is 49.2 Å². The molecular weight excluding hydrogens is 398 g/mol. The zero-order chi connectivity index (χ0) is 22.4. The van der Waals surface area contributed by atoms with Crippen molar-refractivity contribution in [3.05, 3.63) is 47.5 Å². The number of hydrogen-bond donors (Lipinski definition) is 1. The molecule has 0 radical (unpaired) electrons. The molecule has 1 aliphatic rings. The third kappa shape index (κ3) is 5.69. The Morgan fingerprint density at radius 1 is 1.03 bits per heavy atom. The van der Waals surface area contributed by atoms with Gasteiger partial charge >= 0.3 is 0 Å². The third-order valence-corrected chi connectivity index (χ3v) is 5.04. The highest BCUT2D eigenvalue weighted by atomic mass is 16.5. The zero-order valence-corrected chi connectivity index (χ0v) is 18.4. The Morgan fingerprint density at radius 2 is 1.77 bits per heavy atom. The van der Waals surface area contributed by atoms with Gasteiger partial charge in [0.2, 0.25) is 0 Å². The summed E-state index contributed by atoms with van der Waals surface area (Å²) in [7, 11) is 1.49. The van der Waals surface area contributed by atoms with Crippen molar-refractivity contribution < 1.29 is 28.5 Å². The molecule has 31 heavy (non-hydrogen) atoms. The molecule has 1 atom stereocenters. The Balaban J connectivity index is 1.68. The SMILES string of the molecule is COc1cc(C(C)=O)ccc1OCC(=O)N[C@H](c1ccc2c(c1)OCCCO2)C(C)C. The van der Waals surface area contributed by atoms with Crippen LogP contribution in [0, 0.1) is 5.92 Å². The largest absolute Gasteiger partial charge is 0.493 e. The van der Waals surface area contributed by atoms with Crippen LogP contribution in [0.25, 0.3) is 0 Å². The molecule has 0 bridgehead atoms. The number of benzene rings is 2. The van der Waals surface area contributed by atoms with Crippen molar-refractivity contribution in [3.63, 3.8) is 0 Å². The van der Waals surface area contributed by atoms with Crippen LogP contribution in [0.3, 0.4) is 0 Å². The number of ketones is 1. The summed E-state index contributed by atoms with van der Waals surface area (Å²) in [6.45, 7) is 6.62. The van der Waals surface area contributed by atoms with Gasteiger partial charge in [0, 0.05) is 12.0 Å². The maximum Gasteiger partial charge on any atom is 0.258 e. The summed E-state index contributed by atoms with van der Waals surface area (Å²) in [6, 6.07) is 10.4. The van der Waals surface area contributed by atoms with Crippen LogP contribution in [-0.4, -0.2) is 38.6 Å². The van der Waals surface area contributed by atoms with Crippen molar-refractivity contribution in [1.29, 1.82) is 0 Å². The van der Waals surface area contributed by atoms with Gasteiger partial charge in [0.1, 0.15) is 0 Å². The van der Waals surface area contributed by atoms with E-state index in [1.165, 1.54) is 14.0 Å². The predicted molar refractivity (Wildman–Crippen MR) is 116 cm³/mol. The third-order valence-electron chi connectivity index (χ3n) is 5.04. The number of fused-ring (bicyclic) bond motifs is 1. The van der Waals surface area contributed by atoms with E-state index in [4.69, 9.17) is 18.9 Å². The smallest absolute Gasteiger partial charge is 0.258 e. The van der Waals surface area contributed by atoms with Crippen LogP contribution in [0.2, 0.25) is 0 Å². The van der Waals surface area contributed by atoms with E-state index in [1.807, 2.05) is 32.0 Å². The highest BCUT2D eigenvalue weighted by Crippen LogP contribution is 2.34. The van der Waals surface area contributed by atoms with E-state index in [0.29, 0.717) is 36.0 Å². The van der Waals surface area contributed by atoms with E-state index in [-0.39, 0.29) is 30.3 Å². The predicted octanol–water partition coefficient (Wildman–Crippen LogP) is 3.95. The first-order valence-electron chi connectivity index (χ1n) is 10.4. The quantitative estimate of drug-likeness (QED) is 0.643. The minimum absolute atomic E-state index is 0.0718. The van der Waals surface area contributed by atoms with Crippen molar-refractivity contribution in [3.8, 4) is 23.0 Å². The normalized spacial score (nSPS) is 13.8. The van der Waals surface area contributed by atoms with Gasteiger partial charge in [-0.25, -0.2) is 0 Å². The second kappa shape index (κ2) is 10.2. The lowest BCUT2D eigenvalue weighted by atomic mass is 9.95. The first kappa shape index (κ1) is 22.5. The van der Waals surface area contributed by atoms with Crippen LogP contribution in [0.4, 0.5) is 0 Å². The first-order chi connectivity index (χ1) is 14.9. The molecule has 7 nitrogen and oxygen atoms in total. The van der Waals surface area contributed by atoms with Gasteiger partial charge in [0.15, 0.2) is 35.4 Å². The number of carbonyl (C=O) groups excluding carboxylic acids is 2. The van der Waals surface area contributed by atoms with Gasteiger partial charge in [-0.2, -0.15) is 0 Å². The number of ether oxygens (including phenoxy) is 4. The van der Waals surface area contributed by atoms with E-state index in [1.54, 1.807) is 18.2 Å². The van der Waals surface area contributed by atoms with Crippen LogP contribution in [0.5, 0.6) is 23.0 Å². The molecule has 0 saturated heterocycles. The zero-order valence-electron chi connectivity index (χ0n) is 18.4. The van der Waals surface area contributed by atoms with Crippen molar-refractivity contribution in [2.75, 3.05) is 26.9 Å². The van der Waals surface area contributed by atoms with E-state index in [9.17, 15) is 9.59 Å². The maximum absolute atomic E-state index is 12.6. The highest BCUT2D eigenvalue weighted by Gasteiger charge is 2.21. The molecule has 0 fully saturated rings. The molecule has 0 aromatic heterocycles. The number of amides is 1. The van der Waals surface area contributed by atoms with E-state index >= 15 is 0 Å². The Kier molecular flexibility index (Phi) is 7.39. The van der Waals surface area contributed by atoms with Gasteiger partial charge in [0.05, 0.1) is 26.4 Å². The molecular formula is C24H29NO6. The number of Topliss-reactive ketones (excluding diaryl/α,β-unsaturated/α-hetero) is 1. The van der Waals surface area contributed by atoms with Crippen LogP contribution >= 0.6 is 0 Å². The molecule has 0 aliphatic carbocycles. The minimum atomic E-state index is -0.261. The van der Waals surface area contributed by atoms with Gasteiger partial charge < -0.3 is 24.3 Å². The van der Waals surface area contributed by atoms with Gasteiger partial charge in [0.25, 0.3) is 5.91 Å². The van der Waals surface area contributed by atoms with Crippen LogP contribution in [-0.2, 0) is 4.79 Å². The molecule has 1 amide bonds. The second-order valence-electron chi connectivity index (χ2n) is 7.76. The average molecular weight is 427 g/mol. The van der Waals surface area contributed by atoms with Gasteiger partial charge in [-0.05, 0) is 48.7 Å². The highest BCUT2D eigenvalue weighted by molar-refractivity contribution is 5.94. The average Bonchev–Trinajstić information content (AvgIpc) is 3.00. The van der Waals surface area contributed by atoms with Crippen LogP contribution in [0.15, 0.2) is 36.4 Å². The van der Waals surface area contributed by atoms with E-state index in [2.05, 4.69) is 5.32 Å². The first-order valence-corrected chi connectivity index (χ1v) is 10.4. The van der Waals surface area contributed by atoms with E-state index in [0.717, 1.165) is 17.7 Å². The summed E-state index contributed by atoms with van der Waals surface area (Å²) in [5.74, 6) is 2.04. The number of rotatable bonds is 8. The second-order valence-corrected chi connectivity index (χ2v) is 7.76. The molecule has 2 aromatic carbocycles. The van der Waals surface area contributed by atoms with Crippen molar-refractivity contribution in [2.24, 2.45) is 5.92 Å². The Hall–Kier alpha value is -3.22. The van der Waals surface area contributed by atoms with Gasteiger partial charge in [-0.3, -0.25) is 9.59 Å². The standard InChI is InChI=1S/C24H29NO6/c1-15(2)24(18-7-9-20-22(13-18)30-11-5-10-29-20)25-23(27)14-31-19-8-6-17(16(3)26)12-21(19)28-4/h6-9,12-13,15,24H,5,10-11,14H2,1-4H3,(H,25,27)/t24-/m0/s1. The topological polar surface area (TPSA) is 83.1 Å². The lowest BCUT2D eigenvalue weighted by Gasteiger charge is -2.24. The monoisotopic (exact) mass is 427 g/mol. The molecule has 1 aliphatic heterocycles. The summed E-state index contributed by atoms with van der Waals surface area (Å²) in [5, 5.41) is 3.04. The molecule has 0 unspecified atom stereocenters. The van der Waals surface area contributed by atoms with Crippen molar-refractivity contribution in [1.82, 2.24) is 5.32 Å². The summed E-state index contributed by atoms with van der Waals surface area (Å²) >= 11 is 0. The van der Waals surface area contributed by atoms with Crippen molar-refractivity contribution in [2.45, 2.75) is 33.2 Å².